The van der Waals surface area contributed by atoms with Crippen molar-refractivity contribution in [2.24, 2.45) is 0 Å². The molecule has 0 nitrogen and oxygen atoms in total. The highest BCUT2D eigenvalue weighted by Crippen LogP contribution is 2.56. The van der Waals surface area contributed by atoms with Crippen LogP contribution in [0.4, 0.5) is 0 Å². The molecule has 2 aliphatic carbocycles. The van der Waals surface area contributed by atoms with Gasteiger partial charge in [0.1, 0.15) is 0 Å². The van der Waals surface area contributed by atoms with Gasteiger partial charge in [-0.15, -0.1) is 0 Å². The number of rotatable bonds is 16. The van der Waals surface area contributed by atoms with Crippen molar-refractivity contribution in [3.05, 3.63) is 129 Å². The van der Waals surface area contributed by atoms with Gasteiger partial charge < -0.3 is 0 Å². The molecule has 0 saturated heterocycles. The number of unbranched alkanes of at least 4 members (excludes halogenated alkanes) is 10. The summed E-state index contributed by atoms with van der Waals surface area (Å²) in [6.45, 7) is 13.9. The Labute approximate surface area is 330 Å². The second-order valence-corrected chi connectivity index (χ2v) is 17.8. The first-order chi connectivity index (χ1) is 25.7. The van der Waals surface area contributed by atoms with E-state index in [1.54, 1.807) is 11.1 Å². The SMILES string of the molecule is CCCCCCCCC1(CCCCCCCC)c2ccccc2-c2ccc(-c3ccc4c(c3)C(C)(C)c3cc(-c5cc(C)c(Br)c(C)c5)ccc3-4)cc21. The predicted octanol–water partition coefficient (Wildman–Crippen LogP) is 16.5. The van der Waals surface area contributed by atoms with Crippen LogP contribution in [0.1, 0.15) is 151 Å². The van der Waals surface area contributed by atoms with Crippen molar-refractivity contribution in [3.63, 3.8) is 0 Å². The van der Waals surface area contributed by atoms with Crippen molar-refractivity contribution in [3.8, 4) is 44.5 Å². The zero-order valence-electron chi connectivity index (χ0n) is 33.4. The van der Waals surface area contributed by atoms with E-state index in [2.05, 4.69) is 148 Å². The van der Waals surface area contributed by atoms with Crippen LogP contribution in [-0.2, 0) is 10.8 Å². The first-order valence-electron chi connectivity index (χ1n) is 21.0. The summed E-state index contributed by atoms with van der Waals surface area (Å²) in [6, 6.07) is 36.1. The van der Waals surface area contributed by atoms with Crippen molar-refractivity contribution >= 4 is 15.9 Å². The molecule has 0 radical (unpaired) electrons. The summed E-state index contributed by atoms with van der Waals surface area (Å²) in [7, 11) is 0. The second-order valence-electron chi connectivity index (χ2n) is 17.0. The Balaban J connectivity index is 1.23. The Morgan fingerprint density at radius 3 is 1.38 bits per heavy atom. The fraction of sp³-hybridized carbons (Fsp3) is 0.423. The maximum Gasteiger partial charge on any atom is 0.0234 e. The summed E-state index contributed by atoms with van der Waals surface area (Å²) in [5.74, 6) is 0. The summed E-state index contributed by atoms with van der Waals surface area (Å²) in [5.41, 5.74) is 19.7. The van der Waals surface area contributed by atoms with E-state index in [0.29, 0.717) is 0 Å². The lowest BCUT2D eigenvalue weighted by atomic mass is 9.70. The third-order valence-corrected chi connectivity index (χ3v) is 14.2. The van der Waals surface area contributed by atoms with Gasteiger partial charge in [-0.25, -0.2) is 0 Å². The predicted molar refractivity (Wildman–Crippen MR) is 234 cm³/mol. The van der Waals surface area contributed by atoms with Gasteiger partial charge in [0, 0.05) is 15.3 Å². The van der Waals surface area contributed by atoms with Gasteiger partial charge in [0.25, 0.3) is 0 Å². The van der Waals surface area contributed by atoms with Crippen LogP contribution in [0.2, 0.25) is 0 Å². The Hall–Kier alpha value is -3.42. The van der Waals surface area contributed by atoms with Crippen LogP contribution in [0.15, 0.2) is 95.5 Å². The van der Waals surface area contributed by atoms with E-state index in [0.717, 1.165) is 0 Å². The molecule has 0 saturated carbocycles. The maximum absolute atomic E-state index is 3.77. The van der Waals surface area contributed by atoms with Crippen molar-refractivity contribution in [2.45, 2.75) is 142 Å². The molecule has 0 N–H and O–H groups in total. The van der Waals surface area contributed by atoms with Crippen LogP contribution in [0, 0.1) is 13.8 Å². The number of benzene rings is 5. The van der Waals surface area contributed by atoms with Crippen LogP contribution in [-0.4, -0.2) is 0 Å². The first kappa shape index (κ1) is 37.9. The van der Waals surface area contributed by atoms with Gasteiger partial charge in [0.15, 0.2) is 0 Å². The van der Waals surface area contributed by atoms with E-state index < -0.39 is 0 Å². The fourth-order valence-corrected chi connectivity index (χ4v) is 10.2. The fourth-order valence-electron chi connectivity index (χ4n) is 9.92. The average molecular weight is 766 g/mol. The molecule has 1 heteroatoms. The molecule has 0 bridgehead atoms. The average Bonchev–Trinajstić information content (AvgIpc) is 3.57. The van der Waals surface area contributed by atoms with Crippen LogP contribution in [0.25, 0.3) is 44.5 Å². The van der Waals surface area contributed by atoms with Crippen molar-refractivity contribution in [1.29, 1.82) is 0 Å². The van der Waals surface area contributed by atoms with Crippen molar-refractivity contribution < 1.29 is 0 Å². The molecule has 5 aromatic carbocycles. The lowest BCUT2D eigenvalue weighted by Crippen LogP contribution is -2.25. The molecule has 0 heterocycles. The molecule has 0 amide bonds. The van der Waals surface area contributed by atoms with E-state index in [1.807, 2.05) is 0 Å². The Kier molecular flexibility index (Phi) is 11.5. The number of halogens is 1. The molecule has 276 valence electrons. The quantitative estimate of drug-likeness (QED) is 0.0878. The largest absolute Gasteiger partial charge is 0.0654 e. The Morgan fingerprint density at radius 1 is 0.434 bits per heavy atom. The second kappa shape index (κ2) is 16.1. The van der Waals surface area contributed by atoms with Crippen molar-refractivity contribution in [1.82, 2.24) is 0 Å². The summed E-state index contributed by atoms with van der Waals surface area (Å²) in [5, 5.41) is 0. The minimum atomic E-state index is -0.0809. The van der Waals surface area contributed by atoms with Crippen molar-refractivity contribution in [2.75, 3.05) is 0 Å². The summed E-state index contributed by atoms with van der Waals surface area (Å²) in [6.07, 6.45) is 18.7. The lowest BCUT2D eigenvalue weighted by molar-refractivity contribution is 0.398. The normalized spacial score (nSPS) is 14.5. The number of hydrogen-bond donors (Lipinski definition) is 0. The summed E-state index contributed by atoms with van der Waals surface area (Å²) >= 11 is 3.77. The van der Waals surface area contributed by atoms with Gasteiger partial charge in [-0.3, -0.25) is 0 Å². The van der Waals surface area contributed by atoms with Gasteiger partial charge in [0.2, 0.25) is 0 Å². The van der Waals surface area contributed by atoms with E-state index in [-0.39, 0.29) is 10.8 Å². The monoisotopic (exact) mass is 764 g/mol. The summed E-state index contributed by atoms with van der Waals surface area (Å²) in [4.78, 5) is 0. The minimum absolute atomic E-state index is 0.0809. The third-order valence-electron chi connectivity index (χ3n) is 13.0. The molecule has 0 fully saturated rings. The maximum atomic E-state index is 3.77. The third kappa shape index (κ3) is 7.25. The van der Waals surface area contributed by atoms with Gasteiger partial charge in [-0.05, 0) is 123 Å². The highest BCUT2D eigenvalue weighted by molar-refractivity contribution is 9.10. The molecule has 53 heavy (non-hydrogen) atoms. The summed E-state index contributed by atoms with van der Waals surface area (Å²) < 4.78 is 1.21. The number of fused-ring (bicyclic) bond motifs is 6. The molecular weight excluding hydrogens is 704 g/mol. The topological polar surface area (TPSA) is 0 Å². The van der Waals surface area contributed by atoms with Crippen LogP contribution < -0.4 is 0 Å². The first-order valence-corrected chi connectivity index (χ1v) is 21.8. The molecule has 0 spiro atoms. The van der Waals surface area contributed by atoms with E-state index in [9.17, 15) is 0 Å². The molecular formula is C52H61Br. The Bertz CT molecular complexity index is 2040. The molecule has 0 unspecified atom stereocenters. The zero-order valence-corrected chi connectivity index (χ0v) is 35.0. The van der Waals surface area contributed by atoms with E-state index in [1.165, 1.54) is 161 Å². The highest BCUT2D eigenvalue weighted by Gasteiger charge is 2.42. The minimum Gasteiger partial charge on any atom is -0.0654 e. The lowest BCUT2D eigenvalue weighted by Gasteiger charge is -2.33. The van der Waals surface area contributed by atoms with Crippen LogP contribution in [0.5, 0.6) is 0 Å². The molecule has 0 atom stereocenters. The van der Waals surface area contributed by atoms with Gasteiger partial charge >= 0.3 is 0 Å². The number of aryl methyl sites for hydroxylation is 2. The van der Waals surface area contributed by atoms with Gasteiger partial charge in [0.05, 0.1) is 0 Å². The van der Waals surface area contributed by atoms with Crippen LogP contribution >= 0.6 is 15.9 Å². The Morgan fingerprint density at radius 2 is 0.849 bits per heavy atom. The smallest absolute Gasteiger partial charge is 0.0234 e. The molecule has 5 aromatic rings. The molecule has 0 aliphatic heterocycles. The highest BCUT2D eigenvalue weighted by atomic mass is 79.9. The van der Waals surface area contributed by atoms with Gasteiger partial charge in [-0.2, -0.15) is 0 Å². The zero-order chi connectivity index (χ0) is 37.2. The standard InChI is InChI=1S/C52H61Br/c1-7-9-11-13-15-19-29-52(30-20-16-14-12-10-8-2)46-22-18-17-21-42(46)45-28-24-39(35-49(45)52)38-23-26-43-44-27-25-40(34-48(44)51(5,6)47(43)33-38)41-31-36(3)50(53)37(4)32-41/h17-18,21-28,31-35H,7-16,19-20,29-30H2,1-6H3. The van der Waals surface area contributed by atoms with Gasteiger partial charge in [-0.1, -0.05) is 193 Å². The molecule has 0 aromatic heterocycles. The molecule has 2 aliphatic rings. The van der Waals surface area contributed by atoms with Crippen LogP contribution in [0.3, 0.4) is 0 Å². The molecule has 7 rings (SSSR count). The van der Waals surface area contributed by atoms with E-state index in [4.69, 9.17) is 0 Å². The van der Waals surface area contributed by atoms with E-state index >= 15 is 0 Å². The number of hydrogen-bond acceptors (Lipinski definition) is 0.